The summed E-state index contributed by atoms with van der Waals surface area (Å²) in [7, 11) is 1.90. The number of carbonyl (C=O) groups is 1. The van der Waals surface area contributed by atoms with Crippen LogP contribution in [0.1, 0.15) is 29.2 Å². The van der Waals surface area contributed by atoms with Crippen LogP contribution in [-0.2, 0) is 13.0 Å². The fourth-order valence-corrected chi connectivity index (χ4v) is 4.19. The third kappa shape index (κ3) is 3.40. The molecule has 0 spiro atoms. The quantitative estimate of drug-likeness (QED) is 0.829. The second-order valence-electron chi connectivity index (χ2n) is 7.43. The van der Waals surface area contributed by atoms with E-state index in [4.69, 9.17) is 0 Å². The molecule has 3 heterocycles. The molecule has 2 atom stereocenters. The van der Waals surface area contributed by atoms with Crippen molar-refractivity contribution in [3.8, 4) is 0 Å². The molecule has 2 amide bonds. The molecule has 1 aromatic carbocycles. The van der Waals surface area contributed by atoms with E-state index in [-0.39, 0.29) is 30.2 Å². The minimum Gasteiger partial charge on any atom is -0.333 e. The van der Waals surface area contributed by atoms with Crippen molar-refractivity contribution in [1.29, 1.82) is 0 Å². The summed E-state index contributed by atoms with van der Waals surface area (Å²) in [5, 5.41) is 3.03. The molecule has 0 unspecified atom stereocenters. The second-order valence-corrected chi connectivity index (χ2v) is 7.43. The Morgan fingerprint density at radius 3 is 2.82 bits per heavy atom. The number of H-pyrrole nitrogens is 1. The monoisotopic (exact) mass is 388 g/mol. The Balaban J connectivity index is 1.50. The van der Waals surface area contributed by atoms with Gasteiger partial charge in [0.05, 0.1) is 18.6 Å². The van der Waals surface area contributed by atoms with Gasteiger partial charge in [-0.3, -0.25) is 9.69 Å². The Bertz CT molecular complexity index is 961. The molecule has 0 radical (unpaired) electrons. The summed E-state index contributed by atoms with van der Waals surface area (Å²) >= 11 is 0. The number of urea groups is 1. The van der Waals surface area contributed by atoms with E-state index in [1.54, 1.807) is 17.2 Å². The van der Waals surface area contributed by atoms with Gasteiger partial charge in [0, 0.05) is 24.8 Å². The number of halogens is 2. The number of carbonyl (C=O) groups excluding carboxylic acids is 1. The molecule has 2 N–H and O–H groups in total. The molecule has 4 rings (SSSR count). The van der Waals surface area contributed by atoms with Crippen LogP contribution >= 0.6 is 0 Å². The Kier molecular flexibility index (Phi) is 4.89. The fraction of sp³-hybridized carbons (Fsp3) is 0.400. The van der Waals surface area contributed by atoms with E-state index >= 15 is 0 Å². The van der Waals surface area contributed by atoms with E-state index in [0.29, 0.717) is 30.5 Å². The van der Waals surface area contributed by atoms with Gasteiger partial charge < -0.3 is 15.2 Å². The van der Waals surface area contributed by atoms with Gasteiger partial charge in [0.25, 0.3) is 5.56 Å². The van der Waals surface area contributed by atoms with Crippen LogP contribution in [0.5, 0.6) is 0 Å². The highest BCUT2D eigenvalue weighted by molar-refractivity contribution is 5.75. The van der Waals surface area contributed by atoms with E-state index < -0.39 is 11.6 Å². The number of nitrogens with one attached hydrogen (secondary N) is 2. The minimum absolute atomic E-state index is 0.171. The molecule has 1 saturated heterocycles. The van der Waals surface area contributed by atoms with Crippen LogP contribution in [0.3, 0.4) is 0 Å². The van der Waals surface area contributed by atoms with Crippen molar-refractivity contribution in [1.82, 2.24) is 20.1 Å². The lowest BCUT2D eigenvalue weighted by atomic mass is 9.99. The van der Waals surface area contributed by atoms with Gasteiger partial charge >= 0.3 is 6.03 Å². The summed E-state index contributed by atoms with van der Waals surface area (Å²) in [5.41, 5.74) is 2.04. The van der Waals surface area contributed by atoms with Gasteiger partial charge in [0.15, 0.2) is 11.6 Å². The molecule has 0 bridgehead atoms. The van der Waals surface area contributed by atoms with Crippen LogP contribution in [0.15, 0.2) is 35.3 Å². The number of pyridine rings is 1. The molecule has 2 aromatic rings. The molecule has 148 valence electrons. The van der Waals surface area contributed by atoms with Crippen molar-refractivity contribution in [3.05, 3.63) is 69.1 Å². The lowest BCUT2D eigenvalue weighted by molar-refractivity contribution is 0.183. The van der Waals surface area contributed by atoms with Gasteiger partial charge in [-0.1, -0.05) is 6.07 Å². The lowest BCUT2D eigenvalue weighted by Crippen LogP contribution is -2.49. The Hall–Kier alpha value is -2.74. The maximum atomic E-state index is 13.7. The third-order valence-electron chi connectivity index (χ3n) is 5.69. The molecule has 6 nitrogen and oxygen atoms in total. The van der Waals surface area contributed by atoms with Gasteiger partial charge in [0.2, 0.25) is 0 Å². The zero-order chi connectivity index (χ0) is 19.8. The highest BCUT2D eigenvalue weighted by Gasteiger charge is 2.35. The molecular weight excluding hydrogens is 366 g/mol. The summed E-state index contributed by atoms with van der Waals surface area (Å²) in [6.45, 7) is 1.52. The lowest BCUT2D eigenvalue weighted by Gasteiger charge is -2.31. The van der Waals surface area contributed by atoms with Gasteiger partial charge in [-0.05, 0) is 49.2 Å². The normalized spacial score (nSPS) is 22.2. The van der Waals surface area contributed by atoms with Crippen LogP contribution in [-0.4, -0.2) is 47.0 Å². The summed E-state index contributed by atoms with van der Waals surface area (Å²) in [4.78, 5) is 31.2. The van der Waals surface area contributed by atoms with E-state index in [2.05, 4.69) is 10.3 Å². The van der Waals surface area contributed by atoms with E-state index in [0.717, 1.165) is 18.2 Å². The number of likely N-dealkylation sites (tertiary alicyclic amines) is 1. The highest BCUT2D eigenvalue weighted by Crippen LogP contribution is 2.32. The van der Waals surface area contributed by atoms with Crippen molar-refractivity contribution in [3.63, 3.8) is 0 Å². The topological polar surface area (TPSA) is 68.4 Å². The number of hydrogen-bond donors (Lipinski definition) is 2. The van der Waals surface area contributed by atoms with Crippen molar-refractivity contribution in [2.75, 3.05) is 20.1 Å². The van der Waals surface area contributed by atoms with E-state index in [1.165, 1.54) is 6.07 Å². The molecule has 2 aliphatic heterocycles. The Labute approximate surface area is 161 Å². The summed E-state index contributed by atoms with van der Waals surface area (Å²) in [6, 6.07) is 5.03. The van der Waals surface area contributed by atoms with Gasteiger partial charge in [-0.15, -0.1) is 0 Å². The number of nitrogens with zero attached hydrogens (tertiary/aromatic N) is 2. The molecule has 8 heteroatoms. The van der Waals surface area contributed by atoms with Crippen LogP contribution < -0.4 is 10.9 Å². The predicted molar refractivity (Wildman–Crippen MR) is 99.8 cm³/mol. The molecule has 0 saturated carbocycles. The smallest absolute Gasteiger partial charge is 0.317 e. The van der Waals surface area contributed by atoms with Crippen LogP contribution in [0, 0.1) is 11.6 Å². The maximum Gasteiger partial charge on any atom is 0.317 e. The van der Waals surface area contributed by atoms with Crippen molar-refractivity contribution in [2.24, 2.45) is 0 Å². The van der Waals surface area contributed by atoms with E-state index in [1.807, 2.05) is 18.0 Å². The number of rotatable bonds is 2. The molecule has 2 aliphatic rings. The number of benzene rings is 1. The summed E-state index contributed by atoms with van der Waals surface area (Å²) < 4.78 is 27.0. The van der Waals surface area contributed by atoms with E-state index in [9.17, 15) is 18.4 Å². The largest absolute Gasteiger partial charge is 0.333 e. The molecule has 1 fully saturated rings. The number of amides is 2. The van der Waals surface area contributed by atoms with Crippen LogP contribution in [0.25, 0.3) is 0 Å². The predicted octanol–water partition coefficient (Wildman–Crippen LogP) is 2.17. The number of hydrogen-bond acceptors (Lipinski definition) is 3. The van der Waals surface area contributed by atoms with Gasteiger partial charge in [0.1, 0.15) is 0 Å². The first-order chi connectivity index (χ1) is 13.4. The Morgan fingerprint density at radius 2 is 2.04 bits per heavy atom. The number of aromatic nitrogens is 1. The molecular formula is C20H22F2N4O2. The average Bonchev–Trinajstić information content (AvgIpc) is 3.04. The van der Waals surface area contributed by atoms with Crippen molar-refractivity contribution < 1.29 is 13.6 Å². The highest BCUT2D eigenvalue weighted by atomic mass is 19.2. The van der Waals surface area contributed by atoms with Crippen molar-refractivity contribution >= 4 is 6.03 Å². The standard InChI is InChI=1S/C20H22F2N4O2/c1-25-8-6-17(18(25)13-2-3-15(21)16(22)10-13)24-20(28)26-9-5-12-4-7-23-19(27)14(12)11-26/h2-4,7,10,17-18H,5-6,8-9,11H2,1H3,(H,23,27)(H,24,28)/t17-,18-/m0/s1. The number of likely N-dealkylation sites (N-methyl/N-ethyl adjacent to an activating group) is 1. The first-order valence-corrected chi connectivity index (χ1v) is 9.34. The summed E-state index contributed by atoms with van der Waals surface area (Å²) in [5.74, 6) is -1.78. The average molecular weight is 388 g/mol. The third-order valence-corrected chi connectivity index (χ3v) is 5.69. The van der Waals surface area contributed by atoms with Crippen molar-refractivity contribution in [2.45, 2.75) is 31.5 Å². The second kappa shape index (κ2) is 7.35. The Morgan fingerprint density at radius 1 is 1.21 bits per heavy atom. The molecule has 1 aromatic heterocycles. The number of aromatic amines is 1. The van der Waals surface area contributed by atoms with Gasteiger partial charge in [-0.2, -0.15) is 0 Å². The minimum atomic E-state index is -0.894. The first-order valence-electron chi connectivity index (χ1n) is 9.34. The number of fused-ring (bicyclic) bond motifs is 1. The SMILES string of the molecule is CN1CC[C@H](NC(=O)N2CCc3cc[nH]c(=O)c3C2)[C@@H]1c1ccc(F)c(F)c1. The van der Waals surface area contributed by atoms with Gasteiger partial charge in [-0.25, -0.2) is 13.6 Å². The molecule has 28 heavy (non-hydrogen) atoms. The van der Waals surface area contributed by atoms with Crippen LogP contribution in [0.2, 0.25) is 0 Å². The zero-order valence-corrected chi connectivity index (χ0v) is 15.5. The zero-order valence-electron chi connectivity index (χ0n) is 15.5. The van der Waals surface area contributed by atoms with Crippen LogP contribution in [0.4, 0.5) is 13.6 Å². The molecule has 0 aliphatic carbocycles. The summed E-state index contributed by atoms with van der Waals surface area (Å²) in [6.07, 6.45) is 2.96. The maximum absolute atomic E-state index is 13.7. The first kappa shape index (κ1) is 18.6. The fourth-order valence-electron chi connectivity index (χ4n) is 4.19.